The molecular weight excluding hydrogens is 394 g/mol. The predicted octanol–water partition coefficient (Wildman–Crippen LogP) is 4.63. The number of hydrogen-bond acceptors (Lipinski definition) is 3. The van der Waals surface area contributed by atoms with Crippen molar-refractivity contribution in [3.63, 3.8) is 0 Å². The molecular formula is C28H31N3O. The van der Waals surface area contributed by atoms with Gasteiger partial charge < -0.3 is 15.0 Å². The zero-order chi connectivity index (χ0) is 22.1. The average molecular weight is 426 g/mol. The largest absolute Gasteiger partial charge is 0.396 e. The first-order valence-corrected chi connectivity index (χ1v) is 11.4. The lowest BCUT2D eigenvalue weighted by atomic mass is 9.77. The summed E-state index contributed by atoms with van der Waals surface area (Å²) in [5, 5.41) is 12.3. The first-order chi connectivity index (χ1) is 15.9. The molecule has 0 bridgehead atoms. The third kappa shape index (κ3) is 4.67. The molecule has 4 nitrogen and oxygen atoms in total. The van der Waals surface area contributed by atoms with Crippen molar-refractivity contribution < 1.29 is 5.11 Å². The van der Waals surface area contributed by atoms with Crippen LogP contribution in [0.3, 0.4) is 0 Å². The number of hydrogen-bond donors (Lipinski definition) is 2. The Labute approximate surface area is 190 Å². The zero-order valence-electron chi connectivity index (χ0n) is 18.4. The minimum absolute atomic E-state index is 0.234. The molecule has 0 spiro atoms. The van der Waals surface area contributed by atoms with Crippen LogP contribution in [-0.4, -0.2) is 34.4 Å². The Hall–Kier alpha value is -3.21. The first kappa shape index (κ1) is 22.0. The van der Waals surface area contributed by atoms with Crippen LogP contribution in [0, 0.1) is 0 Å². The van der Waals surface area contributed by atoms with Crippen molar-refractivity contribution in [2.24, 2.45) is 0 Å². The van der Waals surface area contributed by atoms with Crippen molar-refractivity contribution >= 4 is 0 Å². The highest BCUT2D eigenvalue weighted by Crippen LogP contribution is 2.40. The molecule has 0 aliphatic heterocycles. The Kier molecular flexibility index (Phi) is 7.49. The van der Waals surface area contributed by atoms with Gasteiger partial charge in [0.1, 0.15) is 5.54 Å². The van der Waals surface area contributed by atoms with E-state index < -0.39 is 5.54 Å². The quantitative estimate of drug-likeness (QED) is 0.272. The van der Waals surface area contributed by atoms with Gasteiger partial charge in [0.25, 0.3) is 0 Å². The highest BCUT2D eigenvalue weighted by molar-refractivity contribution is 5.50. The summed E-state index contributed by atoms with van der Waals surface area (Å²) in [4.78, 5) is 4.79. The van der Waals surface area contributed by atoms with E-state index in [1.54, 1.807) is 0 Å². The smallest absolute Gasteiger partial charge is 0.121 e. The van der Waals surface area contributed by atoms with Crippen LogP contribution in [-0.2, 0) is 12.0 Å². The summed E-state index contributed by atoms with van der Waals surface area (Å²) in [6, 6.07) is 32.0. The summed E-state index contributed by atoms with van der Waals surface area (Å²) in [6.07, 6.45) is 6.88. The standard InChI is InChI=1S/C28H31N3O/c32-21-11-20-29-19-10-18-27-22-31(23-30-27)28(24-12-4-1-5-13-24,25-14-6-2-7-15-25)26-16-8-3-9-17-26/h1-9,12-17,22-23,29,32H,10-11,18-21H2. The van der Waals surface area contributed by atoms with E-state index in [2.05, 4.69) is 107 Å². The predicted molar refractivity (Wildman–Crippen MR) is 130 cm³/mol. The molecule has 4 rings (SSSR count). The van der Waals surface area contributed by atoms with Crippen molar-refractivity contribution in [2.75, 3.05) is 19.7 Å². The van der Waals surface area contributed by atoms with E-state index in [0.717, 1.165) is 38.0 Å². The van der Waals surface area contributed by atoms with Crippen molar-refractivity contribution in [1.29, 1.82) is 0 Å². The second-order valence-electron chi connectivity index (χ2n) is 8.01. The van der Waals surface area contributed by atoms with Crippen molar-refractivity contribution in [1.82, 2.24) is 14.9 Å². The number of nitrogens with zero attached hydrogens (tertiary/aromatic N) is 2. The molecule has 0 saturated heterocycles. The van der Waals surface area contributed by atoms with E-state index in [-0.39, 0.29) is 6.61 Å². The lowest BCUT2D eigenvalue weighted by Gasteiger charge is -2.37. The third-order valence-electron chi connectivity index (χ3n) is 5.90. The molecule has 0 atom stereocenters. The molecule has 32 heavy (non-hydrogen) atoms. The highest BCUT2D eigenvalue weighted by Gasteiger charge is 2.38. The number of aromatic nitrogens is 2. The van der Waals surface area contributed by atoms with Crippen LogP contribution in [0.4, 0.5) is 0 Å². The summed E-state index contributed by atoms with van der Waals surface area (Å²) in [5.74, 6) is 0. The van der Waals surface area contributed by atoms with Gasteiger partial charge in [-0.1, -0.05) is 91.0 Å². The Morgan fingerprint density at radius 1 is 0.719 bits per heavy atom. The molecule has 0 saturated carbocycles. The van der Waals surface area contributed by atoms with Gasteiger partial charge in [-0.3, -0.25) is 0 Å². The van der Waals surface area contributed by atoms with E-state index in [1.807, 2.05) is 6.33 Å². The monoisotopic (exact) mass is 425 g/mol. The van der Waals surface area contributed by atoms with Crippen LogP contribution in [0.15, 0.2) is 104 Å². The lowest BCUT2D eigenvalue weighted by molar-refractivity contribution is 0.286. The molecule has 0 radical (unpaired) electrons. The molecule has 0 aliphatic carbocycles. The Balaban J connectivity index is 1.73. The lowest BCUT2D eigenvalue weighted by Crippen LogP contribution is -2.36. The molecule has 164 valence electrons. The van der Waals surface area contributed by atoms with Gasteiger partial charge in [0.15, 0.2) is 0 Å². The second-order valence-corrected chi connectivity index (χ2v) is 8.01. The molecule has 0 amide bonds. The molecule has 1 aromatic heterocycles. The van der Waals surface area contributed by atoms with Gasteiger partial charge in [-0.25, -0.2) is 4.98 Å². The van der Waals surface area contributed by atoms with Crippen molar-refractivity contribution in [3.8, 4) is 0 Å². The Morgan fingerprint density at radius 3 is 1.72 bits per heavy atom. The summed E-state index contributed by atoms with van der Waals surface area (Å²) >= 11 is 0. The van der Waals surface area contributed by atoms with Gasteiger partial charge >= 0.3 is 0 Å². The van der Waals surface area contributed by atoms with Crippen molar-refractivity contribution in [3.05, 3.63) is 126 Å². The van der Waals surface area contributed by atoms with Crippen LogP contribution in [0.2, 0.25) is 0 Å². The zero-order valence-corrected chi connectivity index (χ0v) is 18.4. The fourth-order valence-electron chi connectivity index (χ4n) is 4.38. The van der Waals surface area contributed by atoms with Gasteiger partial charge in [-0.2, -0.15) is 0 Å². The van der Waals surface area contributed by atoms with E-state index in [9.17, 15) is 0 Å². The van der Waals surface area contributed by atoms with Crippen molar-refractivity contribution in [2.45, 2.75) is 24.8 Å². The Bertz CT molecular complexity index is 965. The van der Waals surface area contributed by atoms with E-state index in [0.29, 0.717) is 0 Å². The first-order valence-electron chi connectivity index (χ1n) is 11.4. The van der Waals surface area contributed by atoms with Gasteiger partial charge in [-0.15, -0.1) is 0 Å². The Morgan fingerprint density at radius 2 is 1.22 bits per heavy atom. The van der Waals surface area contributed by atoms with Gasteiger partial charge in [-0.05, 0) is 49.0 Å². The molecule has 4 heteroatoms. The second kappa shape index (κ2) is 10.9. The number of nitrogens with one attached hydrogen (secondary N) is 1. The maximum atomic E-state index is 8.91. The number of benzene rings is 3. The van der Waals surface area contributed by atoms with E-state index in [1.165, 1.54) is 16.7 Å². The maximum absolute atomic E-state index is 8.91. The minimum atomic E-state index is -0.506. The minimum Gasteiger partial charge on any atom is -0.396 e. The van der Waals surface area contributed by atoms with Gasteiger partial charge in [0, 0.05) is 12.8 Å². The summed E-state index contributed by atoms with van der Waals surface area (Å²) in [7, 11) is 0. The van der Waals surface area contributed by atoms with Crippen LogP contribution in [0.25, 0.3) is 0 Å². The summed E-state index contributed by atoms with van der Waals surface area (Å²) < 4.78 is 2.27. The maximum Gasteiger partial charge on any atom is 0.121 e. The fraction of sp³-hybridized carbons (Fsp3) is 0.250. The number of rotatable bonds is 11. The van der Waals surface area contributed by atoms with Gasteiger partial charge in [0.05, 0.1) is 12.0 Å². The number of aryl methyl sites for hydroxylation is 1. The molecule has 2 N–H and O–H groups in total. The van der Waals surface area contributed by atoms with E-state index in [4.69, 9.17) is 10.1 Å². The fourth-order valence-corrected chi connectivity index (χ4v) is 4.38. The molecule has 4 aromatic rings. The van der Waals surface area contributed by atoms with Crippen LogP contribution in [0.1, 0.15) is 35.2 Å². The van der Waals surface area contributed by atoms with Crippen LogP contribution in [0.5, 0.6) is 0 Å². The molecule has 1 heterocycles. The highest BCUT2D eigenvalue weighted by atomic mass is 16.3. The average Bonchev–Trinajstić information content (AvgIpc) is 3.33. The molecule has 3 aromatic carbocycles. The third-order valence-corrected chi connectivity index (χ3v) is 5.90. The summed E-state index contributed by atoms with van der Waals surface area (Å²) in [5.41, 5.74) is 4.18. The normalized spacial score (nSPS) is 11.5. The van der Waals surface area contributed by atoms with Crippen LogP contribution >= 0.6 is 0 Å². The van der Waals surface area contributed by atoms with Gasteiger partial charge in [0.2, 0.25) is 0 Å². The number of aliphatic hydroxyl groups is 1. The molecule has 0 fully saturated rings. The topological polar surface area (TPSA) is 50.1 Å². The molecule has 0 aliphatic rings. The van der Waals surface area contributed by atoms with Crippen LogP contribution < -0.4 is 5.32 Å². The molecule has 0 unspecified atom stereocenters. The number of imidazole rings is 1. The van der Waals surface area contributed by atoms with E-state index >= 15 is 0 Å². The SMILES string of the molecule is OCCCNCCCc1cn(C(c2ccccc2)(c2ccccc2)c2ccccc2)cn1. The summed E-state index contributed by atoms with van der Waals surface area (Å²) in [6.45, 7) is 2.01. The number of aliphatic hydroxyl groups excluding tert-OH is 1.